The van der Waals surface area contributed by atoms with Crippen molar-refractivity contribution < 1.29 is 9.18 Å². The Labute approximate surface area is 145 Å². The molecule has 0 spiro atoms. The van der Waals surface area contributed by atoms with Gasteiger partial charge in [-0.1, -0.05) is 6.42 Å². The summed E-state index contributed by atoms with van der Waals surface area (Å²) in [4.78, 5) is 28.9. The number of fused-ring (bicyclic) bond motifs is 3. The maximum absolute atomic E-state index is 13.4. The number of hydrogen-bond acceptors (Lipinski definition) is 3. The molecule has 4 unspecified atom stereocenters. The smallest absolute Gasteiger partial charge is 0.261 e. The SMILES string of the molecule is CC(NC(=O)Cn1cnc2ccc(F)cc2c1=O)C1CC2CCC1C2. The molecular formula is C19H22FN3O2. The molecule has 1 aromatic heterocycles. The fraction of sp³-hybridized carbons (Fsp3) is 0.526. The first-order valence-corrected chi connectivity index (χ1v) is 8.95. The molecule has 1 amide bonds. The predicted molar refractivity (Wildman–Crippen MR) is 92.5 cm³/mol. The van der Waals surface area contributed by atoms with Crippen molar-refractivity contribution in [2.75, 3.05) is 0 Å². The molecule has 4 atom stereocenters. The number of amides is 1. The van der Waals surface area contributed by atoms with E-state index in [9.17, 15) is 14.0 Å². The summed E-state index contributed by atoms with van der Waals surface area (Å²) in [5.74, 6) is 1.42. The van der Waals surface area contributed by atoms with Crippen LogP contribution >= 0.6 is 0 Å². The number of benzene rings is 1. The lowest BCUT2D eigenvalue weighted by Gasteiger charge is -2.28. The van der Waals surface area contributed by atoms with Crippen LogP contribution in [0, 0.1) is 23.6 Å². The van der Waals surface area contributed by atoms with E-state index in [0.717, 1.165) is 17.9 Å². The molecule has 132 valence electrons. The highest BCUT2D eigenvalue weighted by Gasteiger charge is 2.42. The van der Waals surface area contributed by atoms with Crippen LogP contribution in [0.15, 0.2) is 29.3 Å². The zero-order valence-corrected chi connectivity index (χ0v) is 14.2. The second-order valence-corrected chi connectivity index (χ2v) is 7.53. The van der Waals surface area contributed by atoms with Crippen LogP contribution in [0.3, 0.4) is 0 Å². The van der Waals surface area contributed by atoms with Gasteiger partial charge in [0.1, 0.15) is 12.4 Å². The average Bonchev–Trinajstić information content (AvgIpc) is 3.21. The topological polar surface area (TPSA) is 64.0 Å². The third-order valence-corrected chi connectivity index (χ3v) is 5.92. The fourth-order valence-corrected chi connectivity index (χ4v) is 4.71. The zero-order valence-electron chi connectivity index (χ0n) is 14.2. The summed E-state index contributed by atoms with van der Waals surface area (Å²) in [5, 5.41) is 3.23. The molecule has 1 N–H and O–H groups in total. The van der Waals surface area contributed by atoms with Crippen molar-refractivity contribution in [3.63, 3.8) is 0 Å². The molecule has 2 aliphatic carbocycles. The van der Waals surface area contributed by atoms with Crippen LogP contribution in [-0.4, -0.2) is 21.5 Å². The Bertz CT molecular complexity index is 879. The van der Waals surface area contributed by atoms with E-state index in [4.69, 9.17) is 0 Å². The van der Waals surface area contributed by atoms with Gasteiger partial charge < -0.3 is 5.32 Å². The van der Waals surface area contributed by atoms with Gasteiger partial charge >= 0.3 is 0 Å². The summed E-state index contributed by atoms with van der Waals surface area (Å²) in [6, 6.07) is 4.01. The first-order valence-electron chi connectivity index (χ1n) is 8.95. The van der Waals surface area contributed by atoms with E-state index in [1.807, 2.05) is 0 Å². The normalized spacial score (nSPS) is 26.1. The summed E-state index contributed by atoms with van der Waals surface area (Å²) >= 11 is 0. The highest BCUT2D eigenvalue weighted by molar-refractivity contribution is 5.79. The van der Waals surface area contributed by atoms with Crippen LogP contribution < -0.4 is 10.9 Å². The van der Waals surface area contributed by atoms with E-state index in [2.05, 4.69) is 17.2 Å². The molecule has 5 nitrogen and oxygen atoms in total. The number of hydrogen-bond donors (Lipinski definition) is 1. The van der Waals surface area contributed by atoms with Gasteiger partial charge in [-0.2, -0.15) is 0 Å². The minimum absolute atomic E-state index is 0.0938. The van der Waals surface area contributed by atoms with E-state index in [-0.39, 0.29) is 23.9 Å². The minimum atomic E-state index is -0.487. The maximum atomic E-state index is 13.4. The van der Waals surface area contributed by atoms with Crippen molar-refractivity contribution in [1.29, 1.82) is 0 Å². The van der Waals surface area contributed by atoms with Gasteiger partial charge in [0.05, 0.1) is 17.2 Å². The summed E-state index contributed by atoms with van der Waals surface area (Å²) in [6.07, 6.45) is 6.45. The maximum Gasteiger partial charge on any atom is 0.261 e. The minimum Gasteiger partial charge on any atom is -0.352 e. The fourth-order valence-electron chi connectivity index (χ4n) is 4.71. The predicted octanol–water partition coefficient (Wildman–Crippen LogP) is 2.48. The summed E-state index contributed by atoms with van der Waals surface area (Å²) in [6.45, 7) is 1.96. The van der Waals surface area contributed by atoms with Crippen LogP contribution in [0.1, 0.15) is 32.6 Å². The van der Waals surface area contributed by atoms with Crippen molar-refractivity contribution in [3.8, 4) is 0 Å². The Morgan fingerprint density at radius 2 is 2.24 bits per heavy atom. The molecule has 6 heteroatoms. The van der Waals surface area contributed by atoms with Gasteiger partial charge in [-0.15, -0.1) is 0 Å². The van der Waals surface area contributed by atoms with Crippen LogP contribution in [0.25, 0.3) is 10.9 Å². The Balaban J connectivity index is 1.46. The molecule has 2 fully saturated rings. The number of carbonyl (C=O) groups is 1. The lowest BCUT2D eigenvalue weighted by molar-refractivity contribution is -0.122. The number of halogens is 1. The quantitative estimate of drug-likeness (QED) is 0.928. The van der Waals surface area contributed by atoms with Crippen molar-refractivity contribution in [3.05, 3.63) is 40.7 Å². The Hall–Kier alpha value is -2.24. The number of nitrogens with zero attached hydrogens (tertiary/aromatic N) is 2. The van der Waals surface area contributed by atoms with Crippen LogP contribution in [0.5, 0.6) is 0 Å². The number of carbonyl (C=O) groups excluding carboxylic acids is 1. The Kier molecular flexibility index (Phi) is 4.06. The first-order chi connectivity index (χ1) is 12.0. The van der Waals surface area contributed by atoms with Gasteiger partial charge in [0.2, 0.25) is 5.91 Å². The Morgan fingerprint density at radius 3 is 2.96 bits per heavy atom. The lowest BCUT2D eigenvalue weighted by Crippen LogP contribution is -2.42. The molecular weight excluding hydrogens is 321 g/mol. The third-order valence-electron chi connectivity index (χ3n) is 5.92. The van der Waals surface area contributed by atoms with Crippen LogP contribution in [0.2, 0.25) is 0 Å². The molecule has 2 saturated carbocycles. The van der Waals surface area contributed by atoms with E-state index in [1.165, 1.54) is 48.7 Å². The lowest BCUT2D eigenvalue weighted by atomic mass is 9.84. The van der Waals surface area contributed by atoms with Crippen molar-refractivity contribution >= 4 is 16.8 Å². The number of rotatable bonds is 4. The summed E-state index contributed by atoms with van der Waals surface area (Å²) < 4.78 is 14.6. The summed E-state index contributed by atoms with van der Waals surface area (Å²) in [5.41, 5.74) is 0.0330. The van der Waals surface area contributed by atoms with Crippen molar-refractivity contribution in [2.45, 2.75) is 45.2 Å². The van der Waals surface area contributed by atoms with Gasteiger partial charge in [-0.25, -0.2) is 9.37 Å². The Morgan fingerprint density at radius 1 is 1.40 bits per heavy atom. The molecule has 0 aliphatic heterocycles. The first kappa shape index (κ1) is 16.2. The highest BCUT2D eigenvalue weighted by Crippen LogP contribution is 2.49. The van der Waals surface area contributed by atoms with Gasteiger partial charge in [-0.05, 0) is 62.1 Å². The van der Waals surface area contributed by atoms with Gasteiger partial charge in [0, 0.05) is 6.04 Å². The van der Waals surface area contributed by atoms with Crippen molar-refractivity contribution in [2.24, 2.45) is 17.8 Å². The average molecular weight is 343 g/mol. The second kappa shape index (κ2) is 6.24. The van der Waals surface area contributed by atoms with E-state index < -0.39 is 11.4 Å². The molecule has 2 aromatic rings. The van der Waals surface area contributed by atoms with E-state index in [0.29, 0.717) is 11.4 Å². The van der Waals surface area contributed by atoms with Gasteiger partial charge in [0.15, 0.2) is 0 Å². The van der Waals surface area contributed by atoms with E-state index >= 15 is 0 Å². The molecule has 2 bridgehead atoms. The third kappa shape index (κ3) is 3.05. The second-order valence-electron chi connectivity index (χ2n) is 7.53. The van der Waals surface area contributed by atoms with Gasteiger partial charge in [0.25, 0.3) is 5.56 Å². The zero-order chi connectivity index (χ0) is 17.6. The van der Waals surface area contributed by atoms with Crippen molar-refractivity contribution in [1.82, 2.24) is 14.9 Å². The molecule has 2 aliphatic rings. The van der Waals surface area contributed by atoms with E-state index in [1.54, 1.807) is 0 Å². The van der Waals surface area contributed by atoms with Crippen LogP contribution in [-0.2, 0) is 11.3 Å². The number of aromatic nitrogens is 2. The molecule has 0 saturated heterocycles. The van der Waals surface area contributed by atoms with Crippen LogP contribution in [0.4, 0.5) is 4.39 Å². The molecule has 1 heterocycles. The standard InChI is InChI=1S/C19H22FN3O2/c1-11(15-7-12-2-3-13(15)6-12)22-18(24)9-23-10-21-17-5-4-14(20)8-16(17)19(23)25/h4-5,8,10-13,15H,2-3,6-7,9H2,1H3,(H,22,24). The monoisotopic (exact) mass is 343 g/mol. The van der Waals surface area contributed by atoms with Gasteiger partial charge in [-0.3, -0.25) is 14.2 Å². The molecule has 0 radical (unpaired) electrons. The molecule has 25 heavy (non-hydrogen) atoms. The summed E-state index contributed by atoms with van der Waals surface area (Å²) in [7, 11) is 0. The number of nitrogens with one attached hydrogen (secondary N) is 1. The molecule has 1 aromatic carbocycles. The molecule has 4 rings (SSSR count). The largest absolute Gasteiger partial charge is 0.352 e. The highest BCUT2D eigenvalue weighted by atomic mass is 19.1.